The number of halogens is 2. The van der Waals surface area contributed by atoms with Crippen molar-refractivity contribution in [2.45, 2.75) is 16.1 Å². The van der Waals surface area contributed by atoms with Crippen LogP contribution in [0, 0.1) is 11.2 Å². The van der Waals surface area contributed by atoms with Gasteiger partial charge in [-0.05, 0) is 42.0 Å². The van der Waals surface area contributed by atoms with E-state index in [1.165, 1.54) is 43.5 Å². The molecule has 0 radical (unpaired) electrons. The van der Waals surface area contributed by atoms with Crippen LogP contribution in [0.4, 0.5) is 4.39 Å². The van der Waals surface area contributed by atoms with E-state index in [4.69, 9.17) is 22.1 Å². The van der Waals surface area contributed by atoms with Crippen molar-refractivity contribution in [3.63, 3.8) is 0 Å². The quantitative estimate of drug-likeness (QED) is 0.832. The number of hydrogen-bond acceptors (Lipinski definition) is 4. The minimum Gasteiger partial charge on any atom is -0.384 e. The first-order valence-electron chi connectivity index (χ1n) is 7.81. The summed E-state index contributed by atoms with van der Waals surface area (Å²) in [6.45, 7) is 0.307. The van der Waals surface area contributed by atoms with Gasteiger partial charge in [0.1, 0.15) is 5.82 Å². The molecule has 0 bridgehead atoms. The molecule has 3 rings (SSSR count). The van der Waals surface area contributed by atoms with E-state index in [2.05, 4.69) is 0 Å². The van der Waals surface area contributed by atoms with E-state index in [1.54, 1.807) is 12.1 Å². The highest BCUT2D eigenvalue weighted by Gasteiger charge is 2.70. The van der Waals surface area contributed by atoms with Gasteiger partial charge in [0.05, 0.1) is 16.8 Å². The van der Waals surface area contributed by atoms with Crippen LogP contribution < -0.4 is 5.73 Å². The highest BCUT2D eigenvalue weighted by Crippen LogP contribution is 2.63. The Morgan fingerprint density at radius 2 is 1.92 bits per heavy atom. The molecule has 0 heterocycles. The zero-order valence-corrected chi connectivity index (χ0v) is 15.2. The molecule has 25 heavy (non-hydrogen) atoms. The molecule has 2 aromatic carbocycles. The Morgan fingerprint density at radius 3 is 2.48 bits per heavy atom. The molecule has 0 aliphatic heterocycles. The van der Waals surface area contributed by atoms with Crippen LogP contribution in [-0.4, -0.2) is 33.9 Å². The summed E-state index contributed by atoms with van der Waals surface area (Å²) in [6, 6.07) is 12.0. The molecule has 1 saturated carbocycles. The third kappa shape index (κ3) is 3.08. The number of nitrogens with two attached hydrogens (primary N) is 1. The molecule has 1 aliphatic carbocycles. The topological polar surface area (TPSA) is 69.4 Å². The molecule has 0 aromatic heterocycles. The van der Waals surface area contributed by atoms with Crippen molar-refractivity contribution in [3.8, 4) is 0 Å². The molecule has 1 fully saturated rings. The maximum absolute atomic E-state index is 13.7. The summed E-state index contributed by atoms with van der Waals surface area (Å²) in [4.78, 5) is 0.176. The molecule has 134 valence electrons. The molecular weight excluding hydrogens is 365 g/mol. The Labute approximate surface area is 151 Å². The number of methoxy groups -OCH3 is 1. The second-order valence-corrected chi connectivity index (χ2v) is 8.83. The first-order chi connectivity index (χ1) is 11.9. The number of hydrogen-bond donors (Lipinski definition) is 1. The average Bonchev–Trinajstić information content (AvgIpc) is 3.26. The first-order valence-corrected chi connectivity index (χ1v) is 9.73. The average molecular weight is 384 g/mol. The second kappa shape index (κ2) is 6.68. The van der Waals surface area contributed by atoms with Gasteiger partial charge in [-0.2, -0.15) is 0 Å². The van der Waals surface area contributed by atoms with E-state index in [1.807, 2.05) is 0 Å². The number of ether oxygens (including phenoxy) is 1. The van der Waals surface area contributed by atoms with Crippen LogP contribution in [0.25, 0.3) is 0 Å². The van der Waals surface area contributed by atoms with Crippen LogP contribution in [0.15, 0.2) is 53.4 Å². The molecule has 0 spiro atoms. The molecule has 2 aromatic rings. The highest BCUT2D eigenvalue weighted by atomic mass is 35.5. The molecule has 0 saturated heterocycles. The van der Waals surface area contributed by atoms with E-state index in [-0.39, 0.29) is 18.0 Å². The van der Waals surface area contributed by atoms with Gasteiger partial charge in [0.15, 0.2) is 9.84 Å². The zero-order chi connectivity index (χ0) is 18.2. The molecule has 2 N–H and O–H groups in total. The summed E-state index contributed by atoms with van der Waals surface area (Å²) in [5, 5.41) is -0.314. The second-order valence-electron chi connectivity index (χ2n) is 6.32. The summed E-state index contributed by atoms with van der Waals surface area (Å²) < 4.78 is 45.3. The molecule has 0 amide bonds. The van der Waals surface area contributed by atoms with Gasteiger partial charge in [0.2, 0.25) is 0 Å². The van der Waals surface area contributed by atoms with Gasteiger partial charge in [0, 0.05) is 30.0 Å². The zero-order valence-electron chi connectivity index (χ0n) is 13.7. The first kappa shape index (κ1) is 18.3. The Hall–Kier alpha value is -1.47. The number of benzene rings is 2. The van der Waals surface area contributed by atoms with Crippen molar-refractivity contribution in [2.24, 2.45) is 11.1 Å². The lowest BCUT2D eigenvalue weighted by atomic mass is 10.00. The Kier molecular flexibility index (Phi) is 4.90. The smallest absolute Gasteiger partial charge is 0.182 e. The van der Waals surface area contributed by atoms with Crippen LogP contribution in [0.1, 0.15) is 11.5 Å². The fourth-order valence-corrected chi connectivity index (χ4v) is 6.23. The maximum Gasteiger partial charge on any atom is 0.182 e. The Morgan fingerprint density at radius 1 is 1.24 bits per heavy atom. The Bertz CT molecular complexity index is 872. The van der Waals surface area contributed by atoms with E-state index in [9.17, 15) is 12.8 Å². The lowest BCUT2D eigenvalue weighted by molar-refractivity contribution is 0.142. The fourth-order valence-electron chi connectivity index (χ4n) is 3.66. The van der Waals surface area contributed by atoms with Crippen molar-refractivity contribution in [2.75, 3.05) is 20.3 Å². The van der Waals surface area contributed by atoms with E-state index < -0.39 is 32.2 Å². The molecule has 1 aliphatic rings. The summed E-state index contributed by atoms with van der Waals surface area (Å²) in [7, 11) is -2.17. The monoisotopic (exact) mass is 383 g/mol. The summed E-state index contributed by atoms with van der Waals surface area (Å²) in [5.41, 5.74) is 5.79. The van der Waals surface area contributed by atoms with Crippen LogP contribution in [0.3, 0.4) is 0 Å². The third-order valence-electron chi connectivity index (χ3n) is 4.86. The summed E-state index contributed by atoms with van der Waals surface area (Å²) in [5.74, 6) is -0.829. The molecule has 0 unspecified atom stereocenters. The molecule has 3 atom stereocenters. The van der Waals surface area contributed by atoms with Gasteiger partial charge in [-0.15, -0.1) is 0 Å². The van der Waals surface area contributed by atoms with E-state index >= 15 is 0 Å². The molecule has 4 nitrogen and oxygen atoms in total. The van der Waals surface area contributed by atoms with Crippen molar-refractivity contribution < 1.29 is 17.5 Å². The van der Waals surface area contributed by atoms with Crippen molar-refractivity contribution in [1.29, 1.82) is 0 Å². The van der Waals surface area contributed by atoms with Crippen LogP contribution in [0.5, 0.6) is 0 Å². The van der Waals surface area contributed by atoms with Gasteiger partial charge in [0.25, 0.3) is 0 Å². The lowest BCUT2D eigenvalue weighted by Gasteiger charge is -2.15. The lowest BCUT2D eigenvalue weighted by Crippen LogP contribution is -2.28. The van der Waals surface area contributed by atoms with Gasteiger partial charge in [-0.1, -0.05) is 23.7 Å². The minimum atomic E-state index is -3.68. The van der Waals surface area contributed by atoms with Gasteiger partial charge < -0.3 is 10.5 Å². The van der Waals surface area contributed by atoms with Crippen molar-refractivity contribution in [3.05, 3.63) is 64.9 Å². The summed E-state index contributed by atoms with van der Waals surface area (Å²) in [6.07, 6.45) is 0. The molecular formula is C18H19ClFNO3S. The predicted octanol–water partition coefficient (Wildman–Crippen LogP) is 3.01. The normalized spacial score (nSPS) is 25.8. The van der Waals surface area contributed by atoms with Crippen molar-refractivity contribution >= 4 is 21.4 Å². The minimum absolute atomic E-state index is 0.125. The maximum atomic E-state index is 13.7. The largest absolute Gasteiger partial charge is 0.384 e. The number of rotatable bonds is 6. The van der Waals surface area contributed by atoms with Gasteiger partial charge in [-0.3, -0.25) is 0 Å². The van der Waals surface area contributed by atoms with E-state index in [0.29, 0.717) is 10.6 Å². The third-order valence-corrected chi connectivity index (χ3v) is 7.45. The van der Waals surface area contributed by atoms with Crippen molar-refractivity contribution in [1.82, 2.24) is 0 Å². The standard InChI is InChI=1S/C18H19ClFNO3S/c1-24-11-18(10-21)16(12-3-2-4-14(20)9-12)17(18)25(22,23)15-7-5-13(19)6-8-15/h2-9,16-17H,10-11,21H2,1H3/t16-,17+,18+/m1/s1. The van der Waals surface area contributed by atoms with Gasteiger partial charge >= 0.3 is 0 Å². The van der Waals surface area contributed by atoms with Crippen LogP contribution in [0.2, 0.25) is 5.02 Å². The number of sulfone groups is 1. The SMILES string of the molecule is COC[C@@]1(CN)[C@H](c2cccc(F)c2)[C@@H]1S(=O)(=O)c1ccc(Cl)cc1. The fraction of sp³-hybridized carbons (Fsp3) is 0.333. The van der Waals surface area contributed by atoms with Crippen LogP contribution in [-0.2, 0) is 14.6 Å². The highest BCUT2D eigenvalue weighted by molar-refractivity contribution is 7.92. The summed E-state index contributed by atoms with van der Waals surface area (Å²) >= 11 is 5.86. The van der Waals surface area contributed by atoms with Gasteiger partial charge in [-0.25, -0.2) is 12.8 Å². The Balaban J connectivity index is 2.07. The van der Waals surface area contributed by atoms with E-state index in [0.717, 1.165) is 0 Å². The molecule has 7 heteroatoms. The van der Waals surface area contributed by atoms with Crippen LogP contribution >= 0.6 is 11.6 Å². The predicted molar refractivity (Wildman–Crippen MR) is 94.9 cm³/mol.